The number of halogens is 1. The minimum atomic E-state index is -0.683. The van der Waals surface area contributed by atoms with Gasteiger partial charge in [0.2, 0.25) is 12.7 Å². The Morgan fingerprint density at radius 1 is 1.03 bits per heavy atom. The summed E-state index contributed by atoms with van der Waals surface area (Å²) < 4.78 is 12.5. The molecule has 0 saturated heterocycles. The number of amides is 2. The highest BCUT2D eigenvalue weighted by atomic mass is 35.5. The number of aromatic nitrogens is 1. The number of nitrogens with zero attached hydrogens (tertiary/aromatic N) is 3. The molecule has 0 fully saturated rings. The lowest BCUT2D eigenvalue weighted by Crippen LogP contribution is -2.28. The highest BCUT2D eigenvalue weighted by Crippen LogP contribution is 2.40. The third kappa shape index (κ3) is 4.53. The Hall–Kier alpha value is -4.37. The third-order valence-corrected chi connectivity index (χ3v) is 5.80. The Bertz CT molecular complexity index is 1480. The maximum absolute atomic E-state index is 12.3. The predicted molar refractivity (Wildman–Crippen MR) is 129 cm³/mol. The molecule has 10 heteroatoms. The second kappa shape index (κ2) is 9.47. The Kier molecular flexibility index (Phi) is 6.07. The molecule has 35 heavy (non-hydrogen) atoms. The normalized spacial score (nSPS) is 12.4. The molecule has 5 rings (SSSR count). The number of carbonyl (C=O) groups excluding carboxylic acids is 2. The van der Waals surface area contributed by atoms with Crippen molar-refractivity contribution in [3.05, 3.63) is 82.9 Å². The van der Waals surface area contributed by atoms with Gasteiger partial charge in [-0.2, -0.15) is 0 Å². The SMILES string of the molecule is O=C(CNC(=O)c1ccccc1Cl)N=Nc1c(O)n(Cc2ccc3c(c2)OCO3)c2ccccc12. The first-order chi connectivity index (χ1) is 17.0. The van der Waals surface area contributed by atoms with Crippen molar-refractivity contribution < 1.29 is 24.2 Å². The number of nitrogens with one attached hydrogen (secondary N) is 1. The van der Waals surface area contributed by atoms with Gasteiger partial charge < -0.3 is 24.5 Å². The number of ether oxygens (including phenoxy) is 2. The van der Waals surface area contributed by atoms with E-state index in [1.54, 1.807) is 41.0 Å². The van der Waals surface area contributed by atoms with E-state index in [0.717, 1.165) is 11.1 Å². The molecule has 176 valence electrons. The van der Waals surface area contributed by atoms with E-state index in [1.807, 2.05) is 30.3 Å². The Morgan fingerprint density at radius 3 is 2.66 bits per heavy atom. The second-order valence-corrected chi connectivity index (χ2v) is 8.13. The summed E-state index contributed by atoms with van der Waals surface area (Å²) in [6.07, 6.45) is 0. The Morgan fingerprint density at radius 2 is 1.80 bits per heavy atom. The highest BCUT2D eigenvalue weighted by molar-refractivity contribution is 6.33. The van der Waals surface area contributed by atoms with Gasteiger partial charge in [-0.25, -0.2) is 0 Å². The van der Waals surface area contributed by atoms with Crippen molar-refractivity contribution in [1.29, 1.82) is 0 Å². The fraction of sp³-hybridized carbons (Fsp3) is 0.120. The van der Waals surface area contributed by atoms with E-state index >= 15 is 0 Å². The lowest BCUT2D eigenvalue weighted by atomic mass is 10.2. The minimum absolute atomic E-state index is 0.138. The molecule has 9 nitrogen and oxygen atoms in total. The minimum Gasteiger partial charge on any atom is -0.493 e. The van der Waals surface area contributed by atoms with Crippen LogP contribution in [0.2, 0.25) is 5.02 Å². The number of para-hydroxylation sites is 1. The van der Waals surface area contributed by atoms with Crippen LogP contribution >= 0.6 is 11.6 Å². The van der Waals surface area contributed by atoms with E-state index in [1.165, 1.54) is 0 Å². The lowest BCUT2D eigenvalue weighted by Gasteiger charge is -2.08. The topological polar surface area (TPSA) is 115 Å². The summed E-state index contributed by atoms with van der Waals surface area (Å²) in [6.45, 7) is 0.137. The number of benzene rings is 3. The van der Waals surface area contributed by atoms with Gasteiger partial charge in [-0.05, 0) is 35.9 Å². The van der Waals surface area contributed by atoms with Crippen LogP contribution in [0.3, 0.4) is 0 Å². The molecule has 1 aliphatic rings. The van der Waals surface area contributed by atoms with Gasteiger partial charge in [0.25, 0.3) is 11.8 Å². The zero-order valence-corrected chi connectivity index (χ0v) is 19.0. The summed E-state index contributed by atoms with van der Waals surface area (Å²) in [5, 5.41) is 22.0. The smallest absolute Gasteiger partial charge is 0.283 e. The Balaban J connectivity index is 1.35. The van der Waals surface area contributed by atoms with Crippen molar-refractivity contribution in [2.75, 3.05) is 13.3 Å². The molecule has 4 aromatic rings. The van der Waals surface area contributed by atoms with Crippen LogP contribution in [0.5, 0.6) is 17.4 Å². The van der Waals surface area contributed by atoms with Crippen LogP contribution in [0, 0.1) is 0 Å². The molecule has 2 heterocycles. The van der Waals surface area contributed by atoms with E-state index in [-0.39, 0.29) is 35.5 Å². The summed E-state index contributed by atoms with van der Waals surface area (Å²) in [6, 6.07) is 19.3. The number of azo groups is 1. The molecule has 0 unspecified atom stereocenters. The number of fused-ring (bicyclic) bond motifs is 2. The molecular weight excluding hydrogens is 472 g/mol. The number of aromatic hydroxyl groups is 1. The quantitative estimate of drug-likeness (QED) is 0.376. The molecule has 2 N–H and O–H groups in total. The van der Waals surface area contributed by atoms with Crippen LogP contribution in [0.1, 0.15) is 15.9 Å². The maximum Gasteiger partial charge on any atom is 0.283 e. The van der Waals surface area contributed by atoms with Crippen LogP contribution in [0.15, 0.2) is 77.0 Å². The molecule has 0 saturated carbocycles. The molecule has 0 bridgehead atoms. The lowest BCUT2D eigenvalue weighted by molar-refractivity contribution is -0.117. The van der Waals surface area contributed by atoms with Gasteiger partial charge in [0.05, 0.1) is 22.6 Å². The first kappa shape index (κ1) is 22.4. The van der Waals surface area contributed by atoms with Crippen molar-refractivity contribution >= 4 is 40.0 Å². The molecule has 1 aliphatic heterocycles. The average Bonchev–Trinajstić information content (AvgIpc) is 3.44. The summed E-state index contributed by atoms with van der Waals surface area (Å²) >= 11 is 6.01. The van der Waals surface area contributed by atoms with Gasteiger partial charge in [0.15, 0.2) is 17.2 Å². The van der Waals surface area contributed by atoms with Crippen molar-refractivity contribution in [2.45, 2.75) is 6.54 Å². The van der Waals surface area contributed by atoms with E-state index in [9.17, 15) is 14.7 Å². The molecule has 3 aromatic carbocycles. The van der Waals surface area contributed by atoms with E-state index in [4.69, 9.17) is 21.1 Å². The molecule has 0 atom stereocenters. The number of hydrogen-bond acceptors (Lipinski definition) is 6. The van der Waals surface area contributed by atoms with Gasteiger partial charge in [-0.15, -0.1) is 10.2 Å². The standard InChI is InChI=1S/C25H19ClN4O5/c26-18-7-3-1-5-16(18)24(32)27-12-22(31)28-29-23-17-6-2-4-8-19(17)30(25(23)33)13-15-9-10-20-21(11-15)35-14-34-20/h1-11,33H,12-14H2,(H,27,32). The summed E-state index contributed by atoms with van der Waals surface area (Å²) in [5.41, 5.74) is 2.01. The fourth-order valence-electron chi connectivity index (χ4n) is 3.79. The maximum atomic E-state index is 12.3. The largest absolute Gasteiger partial charge is 0.493 e. The summed E-state index contributed by atoms with van der Waals surface area (Å²) in [5.74, 6) is -0.00647. The van der Waals surface area contributed by atoms with Gasteiger partial charge in [0.1, 0.15) is 6.54 Å². The van der Waals surface area contributed by atoms with Crippen molar-refractivity contribution in [3.8, 4) is 17.4 Å². The number of rotatable bonds is 6. The van der Waals surface area contributed by atoms with Crippen molar-refractivity contribution in [1.82, 2.24) is 9.88 Å². The molecule has 2 amide bonds. The van der Waals surface area contributed by atoms with E-state index in [0.29, 0.717) is 23.4 Å². The van der Waals surface area contributed by atoms with Gasteiger partial charge in [-0.3, -0.25) is 9.59 Å². The first-order valence-corrected chi connectivity index (χ1v) is 11.0. The average molecular weight is 491 g/mol. The van der Waals surface area contributed by atoms with Crippen LogP contribution in [-0.4, -0.2) is 34.8 Å². The van der Waals surface area contributed by atoms with Crippen LogP contribution < -0.4 is 14.8 Å². The highest BCUT2D eigenvalue weighted by Gasteiger charge is 2.19. The predicted octanol–water partition coefficient (Wildman–Crippen LogP) is 4.82. The zero-order chi connectivity index (χ0) is 24.4. The van der Waals surface area contributed by atoms with E-state index < -0.39 is 11.8 Å². The summed E-state index contributed by atoms with van der Waals surface area (Å²) in [4.78, 5) is 24.5. The number of hydrogen-bond donors (Lipinski definition) is 2. The van der Waals surface area contributed by atoms with Crippen LogP contribution in [0.25, 0.3) is 10.9 Å². The van der Waals surface area contributed by atoms with Crippen molar-refractivity contribution in [3.63, 3.8) is 0 Å². The van der Waals surface area contributed by atoms with Gasteiger partial charge in [-0.1, -0.05) is 48.0 Å². The molecule has 0 aliphatic carbocycles. The van der Waals surface area contributed by atoms with Gasteiger partial charge >= 0.3 is 0 Å². The van der Waals surface area contributed by atoms with Crippen LogP contribution in [0.4, 0.5) is 5.69 Å². The zero-order valence-electron chi connectivity index (χ0n) is 18.3. The van der Waals surface area contributed by atoms with E-state index in [2.05, 4.69) is 15.5 Å². The van der Waals surface area contributed by atoms with Crippen molar-refractivity contribution in [2.24, 2.45) is 10.2 Å². The Labute approximate surface area is 204 Å². The number of carbonyl (C=O) groups is 2. The first-order valence-electron chi connectivity index (χ1n) is 10.7. The fourth-order valence-corrected chi connectivity index (χ4v) is 4.01. The molecular formula is C25H19ClN4O5. The third-order valence-electron chi connectivity index (χ3n) is 5.48. The molecule has 1 aromatic heterocycles. The monoisotopic (exact) mass is 490 g/mol. The molecule has 0 radical (unpaired) electrons. The second-order valence-electron chi connectivity index (χ2n) is 7.72. The summed E-state index contributed by atoms with van der Waals surface area (Å²) in [7, 11) is 0. The van der Waals surface area contributed by atoms with Gasteiger partial charge in [0, 0.05) is 5.39 Å². The van der Waals surface area contributed by atoms with Crippen LogP contribution in [-0.2, 0) is 11.3 Å². The molecule has 0 spiro atoms.